The minimum absolute atomic E-state index is 0.434. The van der Waals surface area contributed by atoms with Crippen LogP contribution in [-0.2, 0) is 6.42 Å². The van der Waals surface area contributed by atoms with Crippen molar-refractivity contribution in [3.8, 4) is 0 Å². The van der Waals surface area contributed by atoms with Crippen molar-refractivity contribution in [2.45, 2.75) is 18.5 Å². The third-order valence-electron chi connectivity index (χ3n) is 5.91. The molecule has 0 unspecified atom stereocenters. The third-order valence-corrected chi connectivity index (χ3v) is 8.72. The van der Waals surface area contributed by atoms with Crippen molar-refractivity contribution in [1.29, 1.82) is 0 Å². The molecule has 0 spiro atoms. The van der Waals surface area contributed by atoms with Crippen LogP contribution in [0.3, 0.4) is 0 Å². The Morgan fingerprint density at radius 2 is 1.13 bits per heavy atom. The molecule has 4 aromatic rings. The quantitative estimate of drug-likeness (QED) is 0.307. The Hall–Kier alpha value is -2.95. The maximum absolute atomic E-state index is 2.45. The van der Waals surface area contributed by atoms with E-state index in [0.717, 1.165) is 12.8 Å². The van der Waals surface area contributed by atoms with Crippen molar-refractivity contribution in [1.82, 2.24) is 0 Å². The highest BCUT2D eigenvalue weighted by atomic mass is 31.1. The summed E-state index contributed by atoms with van der Waals surface area (Å²) in [7, 11) is -0.537. The highest BCUT2D eigenvalue weighted by Crippen LogP contribution is 2.54. The minimum Gasteiger partial charge on any atom is -0.0763 e. The van der Waals surface area contributed by atoms with Gasteiger partial charge < -0.3 is 0 Å². The topological polar surface area (TPSA) is 0 Å². The summed E-state index contributed by atoms with van der Waals surface area (Å²) in [6.07, 6.45) is 4.57. The van der Waals surface area contributed by atoms with Gasteiger partial charge in [0.25, 0.3) is 0 Å². The minimum atomic E-state index is -0.537. The predicted octanol–water partition coefficient (Wildman–Crippen LogP) is 6.89. The van der Waals surface area contributed by atoms with E-state index < -0.39 is 7.92 Å². The van der Waals surface area contributed by atoms with Crippen LogP contribution < -0.4 is 10.6 Å². The molecular weight excluding hydrogens is 379 g/mol. The van der Waals surface area contributed by atoms with E-state index in [1.807, 2.05) is 0 Å². The Morgan fingerprint density at radius 1 is 0.600 bits per heavy atom. The van der Waals surface area contributed by atoms with Gasteiger partial charge in [0.05, 0.1) is 0 Å². The molecule has 4 aromatic carbocycles. The summed E-state index contributed by atoms with van der Waals surface area (Å²) in [5.74, 6) is 0. The molecule has 0 aliphatic heterocycles. The second kappa shape index (κ2) is 8.82. The maximum atomic E-state index is 2.45. The number of rotatable bonds is 6. The lowest BCUT2D eigenvalue weighted by atomic mass is 9.99. The van der Waals surface area contributed by atoms with Crippen molar-refractivity contribution < 1.29 is 0 Å². The summed E-state index contributed by atoms with van der Waals surface area (Å²) in [4.78, 5) is 0. The SMILES string of the molecule is C1=C(C[C@@H](c2ccccc2)P(c2ccccc2)c2ccccc2)c2ccccc2C1. The monoisotopic (exact) mass is 404 g/mol. The molecule has 0 saturated carbocycles. The fourth-order valence-electron chi connectivity index (χ4n) is 4.48. The smallest absolute Gasteiger partial charge is 0.0162 e. The first-order valence-corrected chi connectivity index (χ1v) is 12.0. The summed E-state index contributed by atoms with van der Waals surface area (Å²) < 4.78 is 0. The van der Waals surface area contributed by atoms with Crippen LogP contribution in [0.25, 0.3) is 5.57 Å². The number of benzene rings is 4. The summed E-state index contributed by atoms with van der Waals surface area (Å²) in [5, 5.41) is 2.89. The van der Waals surface area contributed by atoms with Gasteiger partial charge in [0.2, 0.25) is 0 Å². The predicted molar refractivity (Wildman–Crippen MR) is 131 cm³/mol. The van der Waals surface area contributed by atoms with Gasteiger partial charge in [-0.05, 0) is 53.6 Å². The van der Waals surface area contributed by atoms with E-state index in [1.54, 1.807) is 0 Å². The molecule has 5 rings (SSSR count). The lowest BCUT2D eigenvalue weighted by Crippen LogP contribution is -2.17. The van der Waals surface area contributed by atoms with Gasteiger partial charge in [-0.25, -0.2) is 0 Å². The average molecular weight is 404 g/mol. The summed E-state index contributed by atoms with van der Waals surface area (Å²) in [6.45, 7) is 0. The van der Waals surface area contributed by atoms with Crippen molar-refractivity contribution in [3.63, 3.8) is 0 Å². The van der Waals surface area contributed by atoms with Gasteiger partial charge in [-0.3, -0.25) is 0 Å². The highest BCUT2D eigenvalue weighted by Gasteiger charge is 2.28. The van der Waals surface area contributed by atoms with Crippen molar-refractivity contribution in [2.75, 3.05) is 0 Å². The molecule has 0 bridgehead atoms. The van der Waals surface area contributed by atoms with E-state index >= 15 is 0 Å². The number of hydrogen-bond donors (Lipinski definition) is 0. The number of fused-ring (bicyclic) bond motifs is 1. The van der Waals surface area contributed by atoms with Crippen LogP contribution >= 0.6 is 7.92 Å². The van der Waals surface area contributed by atoms with Gasteiger partial charge in [0.1, 0.15) is 0 Å². The molecular formula is C29H25P. The van der Waals surface area contributed by atoms with Gasteiger partial charge in [0, 0.05) is 5.66 Å². The summed E-state index contributed by atoms with van der Waals surface area (Å²) in [5.41, 5.74) is 6.27. The van der Waals surface area contributed by atoms with E-state index in [0.29, 0.717) is 5.66 Å². The van der Waals surface area contributed by atoms with E-state index in [9.17, 15) is 0 Å². The summed E-state index contributed by atoms with van der Waals surface area (Å²) in [6, 6.07) is 42.2. The van der Waals surface area contributed by atoms with Gasteiger partial charge in [-0.15, -0.1) is 0 Å². The van der Waals surface area contributed by atoms with E-state index in [1.165, 1.54) is 32.9 Å². The Bertz CT molecular complexity index is 1090. The Labute approximate surface area is 180 Å². The van der Waals surface area contributed by atoms with Gasteiger partial charge in [-0.2, -0.15) is 0 Å². The summed E-state index contributed by atoms with van der Waals surface area (Å²) >= 11 is 0. The molecule has 0 radical (unpaired) electrons. The second-order valence-electron chi connectivity index (χ2n) is 7.76. The molecule has 0 fully saturated rings. The van der Waals surface area contributed by atoms with Crippen LogP contribution in [0.1, 0.15) is 28.8 Å². The van der Waals surface area contributed by atoms with Crippen LogP contribution in [-0.4, -0.2) is 0 Å². The lowest BCUT2D eigenvalue weighted by Gasteiger charge is -2.30. The average Bonchev–Trinajstić information content (AvgIpc) is 3.24. The number of allylic oxidation sites excluding steroid dienone is 2. The first-order valence-electron chi connectivity index (χ1n) is 10.6. The molecule has 1 atom stereocenters. The third kappa shape index (κ3) is 3.89. The zero-order valence-corrected chi connectivity index (χ0v) is 17.9. The van der Waals surface area contributed by atoms with Gasteiger partial charge in [-0.1, -0.05) is 121 Å². The first-order chi connectivity index (χ1) is 14.9. The Kier molecular flexibility index (Phi) is 5.60. The zero-order chi connectivity index (χ0) is 20.2. The van der Waals surface area contributed by atoms with Crippen LogP contribution in [0.4, 0.5) is 0 Å². The Morgan fingerprint density at radius 3 is 1.77 bits per heavy atom. The molecule has 146 valence electrons. The second-order valence-corrected chi connectivity index (χ2v) is 10.2. The van der Waals surface area contributed by atoms with Gasteiger partial charge in [0.15, 0.2) is 0 Å². The fraction of sp³-hybridized carbons (Fsp3) is 0.103. The number of hydrogen-bond acceptors (Lipinski definition) is 0. The van der Waals surface area contributed by atoms with E-state index in [-0.39, 0.29) is 0 Å². The molecule has 1 heteroatoms. The molecule has 1 aliphatic carbocycles. The zero-order valence-electron chi connectivity index (χ0n) is 17.0. The van der Waals surface area contributed by atoms with E-state index in [2.05, 4.69) is 121 Å². The normalized spacial score (nSPS) is 13.7. The molecule has 0 amide bonds. The van der Waals surface area contributed by atoms with Crippen LogP contribution in [0.2, 0.25) is 0 Å². The van der Waals surface area contributed by atoms with E-state index in [4.69, 9.17) is 0 Å². The standard InChI is InChI=1S/C29H25P/c1-4-13-24(14-5-1)29(22-25-21-20-23-12-10-11-19-28(23)25)30(26-15-6-2-7-16-26)27-17-8-3-9-18-27/h1-19,21,29H,20,22H2/t29-/m0/s1. The largest absolute Gasteiger partial charge is 0.0763 e. The van der Waals surface area contributed by atoms with Crippen LogP contribution in [0, 0.1) is 0 Å². The van der Waals surface area contributed by atoms with Crippen molar-refractivity contribution in [2.24, 2.45) is 0 Å². The molecule has 0 aromatic heterocycles. The van der Waals surface area contributed by atoms with Crippen LogP contribution in [0.5, 0.6) is 0 Å². The fourth-order valence-corrected chi connectivity index (χ4v) is 7.33. The van der Waals surface area contributed by atoms with Gasteiger partial charge >= 0.3 is 0 Å². The van der Waals surface area contributed by atoms with Crippen molar-refractivity contribution in [3.05, 3.63) is 138 Å². The lowest BCUT2D eigenvalue weighted by molar-refractivity contribution is 0.977. The molecule has 1 aliphatic rings. The highest BCUT2D eigenvalue weighted by molar-refractivity contribution is 7.73. The van der Waals surface area contributed by atoms with Crippen molar-refractivity contribution >= 4 is 24.1 Å². The molecule has 0 heterocycles. The maximum Gasteiger partial charge on any atom is 0.0162 e. The molecule has 0 nitrogen and oxygen atoms in total. The molecule has 0 N–H and O–H groups in total. The molecule has 30 heavy (non-hydrogen) atoms. The first kappa shape index (κ1) is 19.0. The van der Waals surface area contributed by atoms with Crippen LogP contribution in [0.15, 0.2) is 121 Å². The Balaban J connectivity index is 1.62. The molecule has 0 saturated heterocycles.